The van der Waals surface area contributed by atoms with Crippen molar-refractivity contribution in [3.8, 4) is 0 Å². The number of hydrogen-bond acceptors (Lipinski definition) is 5. The Bertz CT molecular complexity index is 615. The Morgan fingerprint density at radius 2 is 1.81 bits per heavy atom. The minimum atomic E-state index is -3.66. The predicted molar refractivity (Wildman–Crippen MR) is 78.9 cm³/mol. The Hall–Kier alpha value is -1.00. The lowest BCUT2D eigenvalue weighted by molar-refractivity contribution is -0.135. The summed E-state index contributed by atoms with van der Waals surface area (Å²) in [7, 11) is -2.13. The van der Waals surface area contributed by atoms with Crippen molar-refractivity contribution in [3.05, 3.63) is 4.60 Å². The molecule has 2 rings (SSSR count). The number of aromatic nitrogens is 3. The molecular weight excluding hydrogens is 362 g/mol. The summed E-state index contributed by atoms with van der Waals surface area (Å²) in [5.74, 6) is -0.0287. The monoisotopic (exact) mass is 379 g/mol. The molecule has 0 bridgehead atoms. The first-order chi connectivity index (χ1) is 9.75. The van der Waals surface area contributed by atoms with E-state index in [1.807, 2.05) is 13.8 Å². The fraction of sp³-hybridized carbons (Fsp3) is 0.727. The van der Waals surface area contributed by atoms with Crippen LogP contribution >= 0.6 is 15.9 Å². The standard InChI is InChI=1S/C11H18BrN5O3S/c1-8(2)10(18)16-4-6-17(7-5-16)21(19,20)11-9(12)13-14-15(11)3/h8H,4-7H2,1-3H3. The molecule has 10 heteroatoms. The highest BCUT2D eigenvalue weighted by atomic mass is 79.9. The van der Waals surface area contributed by atoms with Crippen molar-refractivity contribution < 1.29 is 13.2 Å². The van der Waals surface area contributed by atoms with Gasteiger partial charge in [0.15, 0.2) is 4.60 Å². The molecule has 0 spiro atoms. The second-order valence-electron chi connectivity index (χ2n) is 5.19. The van der Waals surface area contributed by atoms with Crippen LogP contribution in [0.15, 0.2) is 9.63 Å². The maximum Gasteiger partial charge on any atom is 0.263 e. The van der Waals surface area contributed by atoms with E-state index >= 15 is 0 Å². The molecule has 1 aliphatic rings. The number of carbonyl (C=O) groups excluding carboxylic acids is 1. The van der Waals surface area contributed by atoms with E-state index in [-0.39, 0.29) is 34.5 Å². The molecule has 1 saturated heterocycles. The topological polar surface area (TPSA) is 88.4 Å². The third-order valence-corrected chi connectivity index (χ3v) is 6.15. The van der Waals surface area contributed by atoms with E-state index in [1.165, 1.54) is 16.0 Å². The summed E-state index contributed by atoms with van der Waals surface area (Å²) in [6.45, 7) is 5.03. The zero-order valence-electron chi connectivity index (χ0n) is 12.2. The number of piperazine rings is 1. The summed E-state index contributed by atoms with van der Waals surface area (Å²) in [6, 6.07) is 0. The van der Waals surface area contributed by atoms with E-state index in [1.54, 1.807) is 4.90 Å². The minimum absolute atomic E-state index is 0.0335. The van der Waals surface area contributed by atoms with Crippen molar-refractivity contribution >= 4 is 31.9 Å². The molecule has 1 aliphatic heterocycles. The van der Waals surface area contributed by atoms with Gasteiger partial charge in [0, 0.05) is 39.1 Å². The van der Waals surface area contributed by atoms with E-state index < -0.39 is 10.0 Å². The van der Waals surface area contributed by atoms with Crippen LogP contribution in [-0.2, 0) is 21.9 Å². The second kappa shape index (κ2) is 6.01. The maximum absolute atomic E-state index is 12.6. The highest BCUT2D eigenvalue weighted by Crippen LogP contribution is 2.23. The number of amides is 1. The molecule has 21 heavy (non-hydrogen) atoms. The molecule has 1 fully saturated rings. The Morgan fingerprint density at radius 1 is 1.24 bits per heavy atom. The molecule has 2 heterocycles. The molecule has 1 aromatic rings. The van der Waals surface area contributed by atoms with E-state index in [4.69, 9.17) is 0 Å². The van der Waals surface area contributed by atoms with Gasteiger partial charge in [-0.2, -0.15) is 4.31 Å². The first-order valence-corrected chi connectivity index (χ1v) is 8.82. The molecule has 0 unspecified atom stereocenters. The minimum Gasteiger partial charge on any atom is -0.340 e. The number of nitrogens with zero attached hydrogens (tertiary/aromatic N) is 5. The third-order valence-electron chi connectivity index (χ3n) is 3.37. The third kappa shape index (κ3) is 3.11. The summed E-state index contributed by atoms with van der Waals surface area (Å²) in [5, 5.41) is 7.43. The average molecular weight is 380 g/mol. The molecule has 0 aromatic carbocycles. The van der Waals surface area contributed by atoms with Gasteiger partial charge in [0.1, 0.15) is 0 Å². The molecule has 0 aliphatic carbocycles. The van der Waals surface area contributed by atoms with Gasteiger partial charge in [-0.3, -0.25) is 4.79 Å². The Balaban J connectivity index is 2.14. The van der Waals surface area contributed by atoms with Crippen molar-refractivity contribution in [2.24, 2.45) is 13.0 Å². The van der Waals surface area contributed by atoms with Gasteiger partial charge in [-0.05, 0) is 15.9 Å². The first-order valence-electron chi connectivity index (χ1n) is 6.59. The number of aryl methyl sites for hydroxylation is 1. The highest BCUT2D eigenvalue weighted by Gasteiger charge is 2.34. The number of carbonyl (C=O) groups is 1. The van der Waals surface area contributed by atoms with E-state index in [2.05, 4.69) is 26.2 Å². The maximum atomic E-state index is 12.6. The van der Waals surface area contributed by atoms with Gasteiger partial charge >= 0.3 is 0 Å². The van der Waals surface area contributed by atoms with E-state index in [0.717, 1.165) is 0 Å². The molecule has 118 valence electrons. The number of rotatable bonds is 3. The zero-order chi connectivity index (χ0) is 15.8. The fourth-order valence-corrected chi connectivity index (χ4v) is 4.69. The van der Waals surface area contributed by atoms with Gasteiger partial charge in [0.2, 0.25) is 10.9 Å². The zero-order valence-corrected chi connectivity index (χ0v) is 14.6. The molecule has 0 radical (unpaired) electrons. The summed E-state index contributed by atoms with van der Waals surface area (Å²) >= 11 is 3.11. The van der Waals surface area contributed by atoms with Crippen LogP contribution in [0.1, 0.15) is 13.8 Å². The van der Waals surface area contributed by atoms with Crippen LogP contribution in [0.5, 0.6) is 0 Å². The Kier molecular flexibility index (Phi) is 4.69. The largest absolute Gasteiger partial charge is 0.340 e. The Morgan fingerprint density at radius 3 is 2.24 bits per heavy atom. The number of sulfonamides is 1. The van der Waals surface area contributed by atoms with Crippen LogP contribution in [0.25, 0.3) is 0 Å². The van der Waals surface area contributed by atoms with Crippen LogP contribution in [0.4, 0.5) is 0 Å². The SMILES string of the molecule is CC(C)C(=O)N1CCN(S(=O)(=O)c2c(Br)nnn2C)CC1. The van der Waals surface area contributed by atoms with Crippen LogP contribution in [0, 0.1) is 5.92 Å². The lowest BCUT2D eigenvalue weighted by atomic mass is 10.2. The summed E-state index contributed by atoms with van der Waals surface area (Å²) in [4.78, 5) is 13.6. The van der Waals surface area contributed by atoms with Crippen molar-refractivity contribution in [1.29, 1.82) is 0 Å². The lowest BCUT2D eigenvalue weighted by Gasteiger charge is -2.34. The fourth-order valence-electron chi connectivity index (χ4n) is 2.23. The highest BCUT2D eigenvalue weighted by molar-refractivity contribution is 9.10. The van der Waals surface area contributed by atoms with Crippen molar-refractivity contribution in [1.82, 2.24) is 24.2 Å². The quantitative estimate of drug-likeness (QED) is 0.741. The van der Waals surface area contributed by atoms with Gasteiger partial charge in [-0.1, -0.05) is 19.1 Å². The molecule has 1 aromatic heterocycles. The van der Waals surface area contributed by atoms with E-state index in [9.17, 15) is 13.2 Å². The van der Waals surface area contributed by atoms with Gasteiger partial charge < -0.3 is 4.90 Å². The lowest BCUT2D eigenvalue weighted by Crippen LogP contribution is -2.51. The van der Waals surface area contributed by atoms with Crippen LogP contribution < -0.4 is 0 Å². The molecular formula is C11H18BrN5O3S. The van der Waals surface area contributed by atoms with Gasteiger partial charge in [0.25, 0.3) is 10.0 Å². The Labute approximate surface area is 132 Å². The van der Waals surface area contributed by atoms with Crippen molar-refractivity contribution in [3.63, 3.8) is 0 Å². The number of hydrogen-bond donors (Lipinski definition) is 0. The van der Waals surface area contributed by atoms with E-state index in [0.29, 0.717) is 13.1 Å². The predicted octanol–water partition coefficient (Wildman–Crippen LogP) is 0.0665. The molecule has 0 atom stereocenters. The average Bonchev–Trinajstić information content (AvgIpc) is 2.78. The normalized spacial score (nSPS) is 17.5. The van der Waals surface area contributed by atoms with Crippen LogP contribution in [-0.4, -0.2) is 64.7 Å². The molecule has 0 N–H and O–H groups in total. The molecule has 8 nitrogen and oxygen atoms in total. The summed E-state index contributed by atoms with van der Waals surface area (Å²) in [5.41, 5.74) is 0. The number of halogens is 1. The second-order valence-corrected chi connectivity index (χ2v) is 7.80. The summed E-state index contributed by atoms with van der Waals surface area (Å²) in [6.07, 6.45) is 0. The van der Waals surface area contributed by atoms with Crippen LogP contribution in [0.3, 0.4) is 0 Å². The van der Waals surface area contributed by atoms with Crippen molar-refractivity contribution in [2.75, 3.05) is 26.2 Å². The van der Waals surface area contributed by atoms with Crippen molar-refractivity contribution in [2.45, 2.75) is 18.9 Å². The van der Waals surface area contributed by atoms with Crippen LogP contribution in [0.2, 0.25) is 0 Å². The molecule has 0 saturated carbocycles. The van der Waals surface area contributed by atoms with Gasteiger partial charge in [-0.25, -0.2) is 13.1 Å². The molecule has 1 amide bonds. The first kappa shape index (κ1) is 16.4. The summed E-state index contributed by atoms with van der Waals surface area (Å²) < 4.78 is 28.0. The van der Waals surface area contributed by atoms with Gasteiger partial charge in [-0.15, -0.1) is 5.10 Å². The smallest absolute Gasteiger partial charge is 0.263 e. The van der Waals surface area contributed by atoms with Gasteiger partial charge in [0.05, 0.1) is 0 Å².